The lowest BCUT2D eigenvalue weighted by Crippen LogP contribution is -2.17. The Morgan fingerprint density at radius 2 is 1.86 bits per heavy atom. The molecular formula is C14H11N3O4. The van der Waals surface area contributed by atoms with E-state index in [1.807, 2.05) is 0 Å². The van der Waals surface area contributed by atoms with Crippen LogP contribution in [-0.2, 0) is 0 Å². The van der Waals surface area contributed by atoms with Crippen molar-refractivity contribution >= 4 is 17.8 Å². The molecule has 7 heteroatoms. The van der Waals surface area contributed by atoms with Crippen molar-refractivity contribution in [1.82, 2.24) is 5.43 Å². The van der Waals surface area contributed by atoms with E-state index >= 15 is 0 Å². The van der Waals surface area contributed by atoms with Crippen LogP contribution in [0.2, 0.25) is 0 Å². The molecule has 21 heavy (non-hydrogen) atoms. The van der Waals surface area contributed by atoms with E-state index < -0.39 is 10.8 Å². The largest absolute Gasteiger partial charge is 0.507 e. The van der Waals surface area contributed by atoms with E-state index in [0.717, 1.165) is 0 Å². The summed E-state index contributed by atoms with van der Waals surface area (Å²) in [4.78, 5) is 21.7. The Balaban J connectivity index is 2.02. The molecule has 7 nitrogen and oxygen atoms in total. The van der Waals surface area contributed by atoms with E-state index in [9.17, 15) is 20.0 Å². The lowest BCUT2D eigenvalue weighted by atomic mass is 10.2. The van der Waals surface area contributed by atoms with Crippen LogP contribution in [0.3, 0.4) is 0 Å². The average molecular weight is 285 g/mol. The fourth-order valence-electron chi connectivity index (χ4n) is 1.56. The third kappa shape index (κ3) is 3.63. The zero-order chi connectivity index (χ0) is 15.2. The molecule has 0 saturated heterocycles. The SMILES string of the molecule is O=C(NN=Cc1ccccc1O)c1ccc([N+](=O)[O-])cc1. The van der Waals surface area contributed by atoms with E-state index in [1.54, 1.807) is 18.2 Å². The third-order valence-corrected chi connectivity index (χ3v) is 2.65. The Morgan fingerprint density at radius 3 is 2.48 bits per heavy atom. The van der Waals surface area contributed by atoms with Gasteiger partial charge in [0.1, 0.15) is 5.75 Å². The number of phenols is 1. The van der Waals surface area contributed by atoms with Crippen LogP contribution in [0.5, 0.6) is 5.75 Å². The smallest absolute Gasteiger partial charge is 0.271 e. The van der Waals surface area contributed by atoms with E-state index in [4.69, 9.17) is 0 Å². The highest BCUT2D eigenvalue weighted by Crippen LogP contribution is 2.13. The summed E-state index contributed by atoms with van der Waals surface area (Å²) in [6, 6.07) is 11.7. The fraction of sp³-hybridized carbons (Fsp3) is 0. The highest BCUT2D eigenvalue weighted by molar-refractivity contribution is 5.95. The fourth-order valence-corrected chi connectivity index (χ4v) is 1.56. The van der Waals surface area contributed by atoms with Crippen molar-refractivity contribution in [1.29, 1.82) is 0 Å². The van der Waals surface area contributed by atoms with E-state index in [0.29, 0.717) is 5.56 Å². The topological polar surface area (TPSA) is 105 Å². The number of nitrogens with one attached hydrogen (secondary N) is 1. The molecule has 0 heterocycles. The van der Waals surface area contributed by atoms with Crippen molar-refractivity contribution in [2.75, 3.05) is 0 Å². The molecule has 0 saturated carbocycles. The van der Waals surface area contributed by atoms with Gasteiger partial charge in [0.05, 0.1) is 11.1 Å². The molecule has 2 rings (SSSR count). The molecule has 0 aliphatic heterocycles. The van der Waals surface area contributed by atoms with Crippen LogP contribution in [0.25, 0.3) is 0 Å². The second-order valence-corrected chi connectivity index (χ2v) is 4.06. The maximum Gasteiger partial charge on any atom is 0.271 e. The van der Waals surface area contributed by atoms with E-state index in [2.05, 4.69) is 10.5 Å². The number of carbonyl (C=O) groups is 1. The maximum absolute atomic E-state index is 11.7. The van der Waals surface area contributed by atoms with Crippen LogP contribution in [-0.4, -0.2) is 22.2 Å². The molecule has 0 radical (unpaired) electrons. The van der Waals surface area contributed by atoms with Gasteiger partial charge in [0.15, 0.2) is 0 Å². The normalized spacial score (nSPS) is 10.5. The van der Waals surface area contributed by atoms with E-state index in [1.165, 1.54) is 36.5 Å². The second kappa shape index (κ2) is 6.29. The number of nitro benzene ring substituents is 1. The first-order valence-electron chi connectivity index (χ1n) is 5.94. The molecule has 0 bridgehead atoms. The monoisotopic (exact) mass is 285 g/mol. The first-order valence-corrected chi connectivity index (χ1v) is 5.94. The van der Waals surface area contributed by atoms with Gasteiger partial charge in [-0.3, -0.25) is 14.9 Å². The number of nitrogens with zero attached hydrogens (tertiary/aromatic N) is 2. The molecule has 0 atom stereocenters. The Morgan fingerprint density at radius 1 is 1.19 bits per heavy atom. The quantitative estimate of drug-likeness (QED) is 0.509. The van der Waals surface area contributed by atoms with Crippen molar-refractivity contribution in [3.63, 3.8) is 0 Å². The molecule has 0 aliphatic rings. The molecule has 0 aromatic heterocycles. The van der Waals surface area contributed by atoms with Crippen LogP contribution in [0.1, 0.15) is 15.9 Å². The minimum atomic E-state index is -0.544. The summed E-state index contributed by atoms with van der Waals surface area (Å²) in [5, 5.41) is 23.7. The van der Waals surface area contributed by atoms with Gasteiger partial charge in [-0.05, 0) is 24.3 Å². The number of phenolic OH excluding ortho intramolecular Hbond substituents is 1. The van der Waals surface area contributed by atoms with Gasteiger partial charge in [0.2, 0.25) is 0 Å². The first kappa shape index (κ1) is 14.2. The van der Waals surface area contributed by atoms with Crippen molar-refractivity contribution in [2.45, 2.75) is 0 Å². The lowest BCUT2D eigenvalue weighted by molar-refractivity contribution is -0.384. The Hall–Kier alpha value is -3.22. The summed E-state index contributed by atoms with van der Waals surface area (Å²) >= 11 is 0. The molecule has 0 aliphatic carbocycles. The minimum Gasteiger partial charge on any atom is -0.507 e. The molecule has 2 aromatic carbocycles. The second-order valence-electron chi connectivity index (χ2n) is 4.06. The highest BCUT2D eigenvalue weighted by Gasteiger charge is 2.08. The Bertz CT molecular complexity index is 696. The molecule has 0 spiro atoms. The number of hydrogen-bond donors (Lipinski definition) is 2. The number of hydrogen-bond acceptors (Lipinski definition) is 5. The molecule has 0 unspecified atom stereocenters. The van der Waals surface area contributed by atoms with E-state index in [-0.39, 0.29) is 17.0 Å². The summed E-state index contributed by atoms with van der Waals surface area (Å²) < 4.78 is 0. The maximum atomic E-state index is 11.7. The zero-order valence-electron chi connectivity index (χ0n) is 10.8. The van der Waals surface area contributed by atoms with Crippen LogP contribution >= 0.6 is 0 Å². The predicted octanol–water partition coefficient (Wildman–Crippen LogP) is 2.06. The molecule has 0 fully saturated rings. The van der Waals surface area contributed by atoms with Crippen molar-refractivity contribution in [3.8, 4) is 5.75 Å². The Kier molecular flexibility index (Phi) is 4.25. The van der Waals surface area contributed by atoms with Crippen molar-refractivity contribution in [3.05, 3.63) is 69.8 Å². The van der Waals surface area contributed by atoms with Crippen molar-refractivity contribution in [2.24, 2.45) is 5.10 Å². The number of aromatic hydroxyl groups is 1. The standard InChI is InChI=1S/C14H11N3O4/c18-13-4-2-1-3-11(13)9-15-16-14(19)10-5-7-12(8-6-10)17(20)21/h1-9,18H,(H,16,19). The predicted molar refractivity (Wildman–Crippen MR) is 76.3 cm³/mol. The summed E-state index contributed by atoms with van der Waals surface area (Å²) in [7, 11) is 0. The number of amides is 1. The number of hydrazone groups is 1. The van der Waals surface area contributed by atoms with Gasteiger partial charge in [-0.25, -0.2) is 5.43 Å². The highest BCUT2D eigenvalue weighted by atomic mass is 16.6. The third-order valence-electron chi connectivity index (χ3n) is 2.65. The number of nitro groups is 1. The van der Waals surface area contributed by atoms with Crippen LogP contribution < -0.4 is 5.43 Å². The summed E-state index contributed by atoms with van der Waals surface area (Å²) in [5.41, 5.74) is 2.88. The molecule has 2 aromatic rings. The molecule has 106 valence electrons. The first-order chi connectivity index (χ1) is 10.1. The van der Waals surface area contributed by atoms with Gasteiger partial charge in [0, 0.05) is 23.3 Å². The Labute approximate surface area is 119 Å². The molecule has 1 amide bonds. The number of carbonyl (C=O) groups excluding carboxylic acids is 1. The summed E-state index contributed by atoms with van der Waals surface area (Å²) in [6.45, 7) is 0. The van der Waals surface area contributed by atoms with Crippen LogP contribution in [0, 0.1) is 10.1 Å². The van der Waals surface area contributed by atoms with Crippen LogP contribution in [0.15, 0.2) is 53.6 Å². The number of rotatable bonds is 4. The van der Waals surface area contributed by atoms with Gasteiger partial charge in [-0.1, -0.05) is 12.1 Å². The summed E-state index contributed by atoms with van der Waals surface area (Å²) in [6.07, 6.45) is 1.30. The zero-order valence-corrected chi connectivity index (χ0v) is 10.8. The number of para-hydroxylation sites is 1. The number of benzene rings is 2. The van der Waals surface area contributed by atoms with Crippen LogP contribution in [0.4, 0.5) is 5.69 Å². The molecular weight excluding hydrogens is 274 g/mol. The van der Waals surface area contributed by atoms with Gasteiger partial charge >= 0.3 is 0 Å². The van der Waals surface area contributed by atoms with Gasteiger partial charge in [0.25, 0.3) is 11.6 Å². The lowest BCUT2D eigenvalue weighted by Gasteiger charge is -2.00. The number of non-ortho nitro benzene ring substituents is 1. The molecule has 2 N–H and O–H groups in total. The summed E-state index contributed by atoms with van der Waals surface area (Å²) in [5.74, 6) is -0.456. The van der Waals surface area contributed by atoms with Gasteiger partial charge < -0.3 is 5.11 Å². The van der Waals surface area contributed by atoms with Gasteiger partial charge in [-0.2, -0.15) is 5.10 Å². The van der Waals surface area contributed by atoms with Gasteiger partial charge in [-0.15, -0.1) is 0 Å². The average Bonchev–Trinajstić information content (AvgIpc) is 2.49. The minimum absolute atomic E-state index is 0.0471. The van der Waals surface area contributed by atoms with Crippen molar-refractivity contribution < 1.29 is 14.8 Å².